The molecule has 0 radical (unpaired) electrons. The van der Waals surface area contributed by atoms with E-state index in [-0.39, 0.29) is 6.61 Å². The van der Waals surface area contributed by atoms with E-state index in [0.717, 1.165) is 21.2 Å². The lowest BCUT2D eigenvalue weighted by atomic mass is 10.2. The molecule has 0 atom stereocenters. The zero-order valence-electron chi connectivity index (χ0n) is 8.79. The van der Waals surface area contributed by atoms with E-state index >= 15 is 0 Å². The number of aryl methyl sites for hydroxylation is 1. The van der Waals surface area contributed by atoms with Crippen LogP contribution >= 0.6 is 11.8 Å². The highest BCUT2D eigenvalue weighted by Gasteiger charge is 2.04. The topological polar surface area (TPSA) is 58.9 Å². The Hall–Kier alpha value is -1.46. The van der Waals surface area contributed by atoms with Crippen molar-refractivity contribution < 1.29 is 5.11 Å². The van der Waals surface area contributed by atoms with Gasteiger partial charge in [0, 0.05) is 18.6 Å². The molecule has 82 valence electrons. The molecule has 16 heavy (non-hydrogen) atoms. The molecule has 4 nitrogen and oxygen atoms in total. The minimum absolute atomic E-state index is 0.0178. The van der Waals surface area contributed by atoms with E-state index in [4.69, 9.17) is 5.11 Å². The second-order valence-electron chi connectivity index (χ2n) is 3.27. The molecule has 0 fully saturated rings. The summed E-state index contributed by atoms with van der Waals surface area (Å²) in [5.74, 6) is 0. The number of rotatable bonds is 3. The van der Waals surface area contributed by atoms with E-state index in [2.05, 4.69) is 15.0 Å². The summed E-state index contributed by atoms with van der Waals surface area (Å²) in [4.78, 5) is 12.4. The van der Waals surface area contributed by atoms with E-state index in [1.165, 1.54) is 11.8 Å². The van der Waals surface area contributed by atoms with Gasteiger partial charge in [0.1, 0.15) is 10.1 Å². The minimum Gasteiger partial charge on any atom is -0.392 e. The normalized spacial score (nSPS) is 10.4. The highest BCUT2D eigenvalue weighted by atomic mass is 32.2. The Morgan fingerprint density at radius 2 is 2.12 bits per heavy atom. The fourth-order valence-electron chi connectivity index (χ4n) is 1.25. The van der Waals surface area contributed by atoms with Gasteiger partial charge in [-0.2, -0.15) is 0 Å². The van der Waals surface area contributed by atoms with Crippen molar-refractivity contribution in [2.45, 2.75) is 23.6 Å². The van der Waals surface area contributed by atoms with Crippen molar-refractivity contribution in [3.05, 3.63) is 42.0 Å². The summed E-state index contributed by atoms with van der Waals surface area (Å²) in [5, 5.41) is 10.7. The molecule has 1 N–H and O–H groups in total. The number of nitrogens with zero attached hydrogens (tertiary/aromatic N) is 3. The van der Waals surface area contributed by atoms with Crippen LogP contribution < -0.4 is 0 Å². The standard InChI is InChI=1S/C11H11N3OS/c1-8-4-9(7-15)5-14-11(8)16-10-6-12-2-3-13-10/h2-6,15H,7H2,1H3. The van der Waals surface area contributed by atoms with Crippen LogP contribution in [0.2, 0.25) is 0 Å². The molecule has 0 aliphatic rings. The fourth-order valence-corrected chi connectivity index (χ4v) is 2.00. The van der Waals surface area contributed by atoms with Crippen molar-refractivity contribution in [1.82, 2.24) is 15.0 Å². The predicted octanol–water partition coefficient (Wildman–Crippen LogP) is 1.82. The van der Waals surface area contributed by atoms with Gasteiger partial charge in [0.2, 0.25) is 0 Å². The molecule has 0 aliphatic heterocycles. The van der Waals surface area contributed by atoms with Gasteiger partial charge in [-0.25, -0.2) is 9.97 Å². The smallest absolute Gasteiger partial charge is 0.121 e. The predicted molar refractivity (Wildman–Crippen MR) is 61.1 cm³/mol. The first-order valence-electron chi connectivity index (χ1n) is 4.80. The zero-order chi connectivity index (χ0) is 11.4. The molecule has 2 aromatic rings. The highest BCUT2D eigenvalue weighted by molar-refractivity contribution is 7.99. The molecule has 2 aromatic heterocycles. The lowest BCUT2D eigenvalue weighted by molar-refractivity contribution is 0.281. The number of hydrogen-bond donors (Lipinski definition) is 1. The second-order valence-corrected chi connectivity index (χ2v) is 4.28. The third-order valence-corrected chi connectivity index (χ3v) is 3.05. The third kappa shape index (κ3) is 2.56. The van der Waals surface area contributed by atoms with Crippen LogP contribution in [-0.2, 0) is 6.61 Å². The summed E-state index contributed by atoms with van der Waals surface area (Å²) in [6.07, 6.45) is 6.66. The first-order chi connectivity index (χ1) is 7.79. The summed E-state index contributed by atoms with van der Waals surface area (Å²) in [7, 11) is 0. The van der Waals surface area contributed by atoms with Crippen LogP contribution in [0.15, 0.2) is 40.9 Å². The van der Waals surface area contributed by atoms with Gasteiger partial charge in [-0.05, 0) is 35.9 Å². The number of aliphatic hydroxyl groups is 1. The van der Waals surface area contributed by atoms with Gasteiger partial charge in [0.25, 0.3) is 0 Å². The molecule has 0 saturated carbocycles. The van der Waals surface area contributed by atoms with Crippen molar-refractivity contribution in [1.29, 1.82) is 0 Å². The Kier molecular flexibility index (Phi) is 3.48. The van der Waals surface area contributed by atoms with Crippen LogP contribution in [0.4, 0.5) is 0 Å². The van der Waals surface area contributed by atoms with Gasteiger partial charge in [-0.15, -0.1) is 0 Å². The number of aliphatic hydroxyl groups excluding tert-OH is 1. The largest absolute Gasteiger partial charge is 0.392 e. The van der Waals surface area contributed by atoms with E-state index in [1.54, 1.807) is 24.8 Å². The number of pyridine rings is 1. The SMILES string of the molecule is Cc1cc(CO)cnc1Sc1cnccn1. The molecule has 0 aliphatic carbocycles. The molecule has 0 saturated heterocycles. The molecule has 0 bridgehead atoms. The van der Waals surface area contributed by atoms with E-state index in [0.29, 0.717) is 0 Å². The van der Waals surface area contributed by atoms with Crippen LogP contribution in [-0.4, -0.2) is 20.1 Å². The second kappa shape index (κ2) is 5.05. The lowest BCUT2D eigenvalue weighted by Crippen LogP contribution is -1.91. The van der Waals surface area contributed by atoms with Crippen LogP contribution in [0.1, 0.15) is 11.1 Å². The van der Waals surface area contributed by atoms with Crippen molar-refractivity contribution in [2.24, 2.45) is 0 Å². The van der Waals surface area contributed by atoms with Gasteiger partial charge >= 0.3 is 0 Å². The maximum absolute atomic E-state index is 8.97. The average molecular weight is 233 g/mol. The van der Waals surface area contributed by atoms with Gasteiger partial charge < -0.3 is 5.11 Å². The minimum atomic E-state index is 0.0178. The summed E-state index contributed by atoms with van der Waals surface area (Å²) < 4.78 is 0. The maximum Gasteiger partial charge on any atom is 0.121 e. The van der Waals surface area contributed by atoms with Crippen molar-refractivity contribution >= 4 is 11.8 Å². The molecule has 0 amide bonds. The average Bonchev–Trinajstić information content (AvgIpc) is 2.33. The molecule has 2 rings (SSSR count). The molecule has 0 unspecified atom stereocenters. The van der Waals surface area contributed by atoms with E-state index in [1.807, 2.05) is 13.0 Å². The first-order valence-corrected chi connectivity index (χ1v) is 5.61. The van der Waals surface area contributed by atoms with Crippen LogP contribution in [0.5, 0.6) is 0 Å². The number of hydrogen-bond acceptors (Lipinski definition) is 5. The Balaban J connectivity index is 2.22. The van der Waals surface area contributed by atoms with Gasteiger partial charge in [-0.1, -0.05) is 0 Å². The quantitative estimate of drug-likeness (QED) is 0.876. The van der Waals surface area contributed by atoms with Crippen molar-refractivity contribution in [3.63, 3.8) is 0 Å². The summed E-state index contributed by atoms with van der Waals surface area (Å²) in [6.45, 7) is 1.98. The lowest BCUT2D eigenvalue weighted by Gasteiger charge is -2.04. The van der Waals surface area contributed by atoms with Crippen molar-refractivity contribution in [2.75, 3.05) is 0 Å². The number of aromatic nitrogens is 3. The van der Waals surface area contributed by atoms with Gasteiger partial charge in [0.15, 0.2) is 0 Å². The molecule has 5 heteroatoms. The summed E-state index contributed by atoms with van der Waals surface area (Å²) in [5.41, 5.74) is 1.85. The van der Waals surface area contributed by atoms with E-state index < -0.39 is 0 Å². The monoisotopic (exact) mass is 233 g/mol. The third-order valence-electron chi connectivity index (χ3n) is 2.01. The maximum atomic E-state index is 8.97. The van der Waals surface area contributed by atoms with Gasteiger partial charge in [-0.3, -0.25) is 4.98 Å². The molecule has 0 aromatic carbocycles. The van der Waals surface area contributed by atoms with Crippen molar-refractivity contribution in [3.8, 4) is 0 Å². The van der Waals surface area contributed by atoms with Gasteiger partial charge in [0.05, 0.1) is 12.8 Å². The Labute approximate surface area is 97.8 Å². The zero-order valence-corrected chi connectivity index (χ0v) is 9.61. The van der Waals surface area contributed by atoms with Crippen LogP contribution in [0.3, 0.4) is 0 Å². The summed E-state index contributed by atoms with van der Waals surface area (Å²) >= 11 is 1.47. The molecular formula is C11H11N3OS. The molecule has 2 heterocycles. The van der Waals surface area contributed by atoms with Crippen LogP contribution in [0.25, 0.3) is 0 Å². The molecular weight excluding hydrogens is 222 g/mol. The first kappa shape index (κ1) is 11.0. The Morgan fingerprint density at radius 3 is 2.75 bits per heavy atom. The Morgan fingerprint density at radius 1 is 1.25 bits per heavy atom. The van der Waals surface area contributed by atoms with Crippen LogP contribution in [0, 0.1) is 6.92 Å². The molecule has 0 spiro atoms. The fraction of sp³-hybridized carbons (Fsp3) is 0.182. The summed E-state index contributed by atoms with van der Waals surface area (Å²) in [6, 6.07) is 1.92. The Bertz CT molecular complexity index is 476. The highest BCUT2D eigenvalue weighted by Crippen LogP contribution is 2.26. The van der Waals surface area contributed by atoms with E-state index in [9.17, 15) is 0 Å².